The van der Waals surface area contributed by atoms with Gasteiger partial charge < -0.3 is 19.9 Å². The average molecular weight is 227 g/mol. The summed E-state index contributed by atoms with van der Waals surface area (Å²) in [6, 6.07) is 0. The second-order valence-electron chi connectivity index (χ2n) is 2.89. The third-order valence-corrected chi connectivity index (χ3v) is 1.85. The zero-order chi connectivity index (χ0) is 12.0. The lowest BCUT2D eigenvalue weighted by molar-refractivity contribution is -0.147. The van der Waals surface area contributed by atoms with Gasteiger partial charge in [0.2, 0.25) is 5.88 Å². The molecule has 1 unspecified atom stereocenters. The average Bonchev–Trinajstić information content (AvgIpc) is 2.29. The standard InChI is InChI=1S/C9H13N3O4/c1-15-6(9(13)14)3-11-7-4-10-5-8(12-7)16-2/h4-6H,3H2,1-2H3,(H,11,12)(H,13,14). The van der Waals surface area contributed by atoms with Crippen LogP contribution in [0.3, 0.4) is 0 Å². The number of aromatic nitrogens is 2. The molecule has 0 aliphatic carbocycles. The van der Waals surface area contributed by atoms with Crippen molar-refractivity contribution in [3.63, 3.8) is 0 Å². The quantitative estimate of drug-likeness (QED) is 0.706. The van der Waals surface area contributed by atoms with Gasteiger partial charge in [0, 0.05) is 7.11 Å². The van der Waals surface area contributed by atoms with E-state index in [-0.39, 0.29) is 6.54 Å². The molecule has 0 bridgehead atoms. The summed E-state index contributed by atoms with van der Waals surface area (Å²) < 4.78 is 9.62. The highest BCUT2D eigenvalue weighted by atomic mass is 16.5. The van der Waals surface area contributed by atoms with Gasteiger partial charge in [0.1, 0.15) is 5.82 Å². The number of nitrogens with zero attached hydrogens (tertiary/aromatic N) is 2. The Kier molecular flexibility index (Phi) is 4.46. The first-order chi connectivity index (χ1) is 7.67. The van der Waals surface area contributed by atoms with Crippen LogP contribution in [0.25, 0.3) is 0 Å². The van der Waals surface area contributed by atoms with Crippen molar-refractivity contribution in [2.24, 2.45) is 0 Å². The van der Waals surface area contributed by atoms with Crippen LogP contribution in [0.4, 0.5) is 5.82 Å². The topological polar surface area (TPSA) is 93.6 Å². The fourth-order valence-corrected chi connectivity index (χ4v) is 1.00. The highest BCUT2D eigenvalue weighted by Gasteiger charge is 2.15. The SMILES string of the molecule is COc1cncc(NCC(OC)C(=O)O)n1. The summed E-state index contributed by atoms with van der Waals surface area (Å²) in [5.41, 5.74) is 0. The lowest BCUT2D eigenvalue weighted by Gasteiger charge is -2.11. The molecule has 0 amide bonds. The summed E-state index contributed by atoms with van der Waals surface area (Å²) in [5, 5.41) is 11.5. The van der Waals surface area contributed by atoms with Crippen LogP contribution in [-0.2, 0) is 9.53 Å². The normalized spacial score (nSPS) is 11.9. The van der Waals surface area contributed by atoms with E-state index in [1.54, 1.807) is 0 Å². The number of anilines is 1. The number of carbonyl (C=O) groups is 1. The Hall–Kier alpha value is -1.89. The maximum absolute atomic E-state index is 10.6. The summed E-state index contributed by atoms with van der Waals surface area (Å²) in [4.78, 5) is 18.5. The molecule has 0 aliphatic rings. The molecule has 0 aromatic carbocycles. The third-order valence-electron chi connectivity index (χ3n) is 1.85. The number of aliphatic carboxylic acids is 1. The second-order valence-corrected chi connectivity index (χ2v) is 2.89. The van der Waals surface area contributed by atoms with Gasteiger partial charge in [0.15, 0.2) is 6.10 Å². The first kappa shape index (κ1) is 12.2. The monoisotopic (exact) mass is 227 g/mol. The minimum atomic E-state index is -1.04. The predicted molar refractivity (Wildman–Crippen MR) is 55.5 cm³/mol. The van der Waals surface area contributed by atoms with E-state index in [1.165, 1.54) is 26.6 Å². The minimum absolute atomic E-state index is 0.105. The first-order valence-corrected chi connectivity index (χ1v) is 4.53. The molecule has 1 rings (SSSR count). The summed E-state index contributed by atoms with van der Waals surface area (Å²) >= 11 is 0. The Bertz CT molecular complexity index is 358. The van der Waals surface area contributed by atoms with E-state index in [2.05, 4.69) is 15.3 Å². The number of nitrogens with one attached hydrogen (secondary N) is 1. The number of hydrogen-bond donors (Lipinski definition) is 2. The molecule has 0 radical (unpaired) electrons. The largest absolute Gasteiger partial charge is 0.480 e. The molecule has 1 aromatic heterocycles. The van der Waals surface area contributed by atoms with E-state index < -0.39 is 12.1 Å². The predicted octanol–water partition coefficient (Wildman–Crippen LogP) is -0.00330. The second kappa shape index (κ2) is 5.86. The van der Waals surface area contributed by atoms with Crippen LogP contribution in [0.1, 0.15) is 0 Å². The zero-order valence-corrected chi connectivity index (χ0v) is 9.01. The molecule has 1 atom stereocenters. The van der Waals surface area contributed by atoms with Crippen molar-refractivity contribution in [2.45, 2.75) is 6.10 Å². The number of hydrogen-bond acceptors (Lipinski definition) is 6. The maximum Gasteiger partial charge on any atom is 0.334 e. The lowest BCUT2D eigenvalue weighted by Crippen LogP contribution is -2.30. The van der Waals surface area contributed by atoms with Gasteiger partial charge in [-0.05, 0) is 0 Å². The molecule has 0 spiro atoms. The molecule has 0 fully saturated rings. The number of carboxylic acids is 1. The van der Waals surface area contributed by atoms with Crippen molar-refractivity contribution in [3.8, 4) is 5.88 Å². The molecule has 0 aliphatic heterocycles. The van der Waals surface area contributed by atoms with Crippen molar-refractivity contribution in [1.29, 1.82) is 0 Å². The number of methoxy groups -OCH3 is 2. The van der Waals surface area contributed by atoms with Gasteiger partial charge in [-0.1, -0.05) is 0 Å². The maximum atomic E-state index is 10.6. The van der Waals surface area contributed by atoms with E-state index in [0.717, 1.165) is 0 Å². The van der Waals surface area contributed by atoms with Crippen LogP contribution < -0.4 is 10.1 Å². The van der Waals surface area contributed by atoms with Gasteiger partial charge in [-0.25, -0.2) is 4.79 Å². The highest BCUT2D eigenvalue weighted by Crippen LogP contribution is 2.08. The Balaban J connectivity index is 2.56. The molecule has 16 heavy (non-hydrogen) atoms. The van der Waals surface area contributed by atoms with Crippen LogP contribution in [0, 0.1) is 0 Å². The van der Waals surface area contributed by atoms with Crippen molar-refractivity contribution < 1.29 is 19.4 Å². The molecule has 1 aromatic rings. The third kappa shape index (κ3) is 3.35. The Morgan fingerprint density at radius 1 is 1.56 bits per heavy atom. The van der Waals surface area contributed by atoms with Crippen LogP contribution in [-0.4, -0.2) is 47.9 Å². The van der Waals surface area contributed by atoms with Crippen molar-refractivity contribution >= 4 is 11.8 Å². The van der Waals surface area contributed by atoms with Crippen molar-refractivity contribution in [3.05, 3.63) is 12.4 Å². The van der Waals surface area contributed by atoms with Gasteiger partial charge in [-0.3, -0.25) is 4.98 Å². The molecular weight excluding hydrogens is 214 g/mol. The highest BCUT2D eigenvalue weighted by molar-refractivity contribution is 5.73. The van der Waals surface area contributed by atoms with Gasteiger partial charge >= 0.3 is 5.97 Å². The van der Waals surface area contributed by atoms with Gasteiger partial charge in [-0.2, -0.15) is 4.98 Å². The summed E-state index contributed by atoms with van der Waals surface area (Å²) in [6.07, 6.45) is 2.00. The molecule has 0 saturated heterocycles. The number of rotatable bonds is 6. The fraction of sp³-hybridized carbons (Fsp3) is 0.444. The smallest absolute Gasteiger partial charge is 0.334 e. The van der Waals surface area contributed by atoms with Crippen LogP contribution in [0.5, 0.6) is 5.88 Å². The molecule has 2 N–H and O–H groups in total. The van der Waals surface area contributed by atoms with E-state index >= 15 is 0 Å². The van der Waals surface area contributed by atoms with E-state index in [9.17, 15) is 4.79 Å². The molecule has 1 heterocycles. The van der Waals surface area contributed by atoms with Crippen molar-refractivity contribution in [2.75, 3.05) is 26.1 Å². The van der Waals surface area contributed by atoms with Gasteiger partial charge in [0.25, 0.3) is 0 Å². The summed E-state index contributed by atoms with van der Waals surface area (Å²) in [5.74, 6) is -0.247. The van der Waals surface area contributed by atoms with Gasteiger partial charge in [0.05, 0.1) is 26.0 Å². The molecular formula is C9H13N3O4. The van der Waals surface area contributed by atoms with E-state index in [4.69, 9.17) is 14.6 Å². The lowest BCUT2D eigenvalue weighted by atomic mass is 10.3. The Morgan fingerprint density at radius 2 is 2.31 bits per heavy atom. The summed E-state index contributed by atoms with van der Waals surface area (Å²) in [6.45, 7) is 0.105. The minimum Gasteiger partial charge on any atom is -0.480 e. The Labute approximate surface area is 92.4 Å². The van der Waals surface area contributed by atoms with Crippen LogP contribution >= 0.6 is 0 Å². The van der Waals surface area contributed by atoms with E-state index in [1.807, 2.05) is 0 Å². The molecule has 7 heteroatoms. The van der Waals surface area contributed by atoms with Crippen molar-refractivity contribution in [1.82, 2.24) is 9.97 Å². The Morgan fingerprint density at radius 3 is 2.88 bits per heavy atom. The molecule has 88 valence electrons. The number of carboxylic acid groups (broad SMARTS) is 1. The van der Waals surface area contributed by atoms with E-state index in [0.29, 0.717) is 11.7 Å². The van der Waals surface area contributed by atoms with Crippen LogP contribution in [0.2, 0.25) is 0 Å². The van der Waals surface area contributed by atoms with Gasteiger partial charge in [-0.15, -0.1) is 0 Å². The zero-order valence-electron chi connectivity index (χ0n) is 9.01. The van der Waals surface area contributed by atoms with Crippen LogP contribution in [0.15, 0.2) is 12.4 Å². The first-order valence-electron chi connectivity index (χ1n) is 4.53. The summed E-state index contributed by atoms with van der Waals surface area (Å²) in [7, 11) is 2.81. The number of ether oxygens (including phenoxy) is 2. The molecule has 0 saturated carbocycles. The fourth-order valence-electron chi connectivity index (χ4n) is 1.00. The molecule has 7 nitrogen and oxygen atoms in total.